The second kappa shape index (κ2) is 6.05. The molecule has 1 aromatic carbocycles. The van der Waals surface area contributed by atoms with Crippen molar-refractivity contribution in [3.05, 3.63) is 35.9 Å². The Morgan fingerprint density at radius 3 is 2.40 bits per heavy atom. The Morgan fingerprint density at radius 2 is 1.85 bits per heavy atom. The Morgan fingerprint density at radius 1 is 1.25 bits per heavy atom. The molecule has 0 spiro atoms. The van der Waals surface area contributed by atoms with Crippen LogP contribution in [0.1, 0.15) is 31.2 Å². The van der Waals surface area contributed by atoms with Crippen molar-refractivity contribution in [2.45, 2.75) is 43.7 Å². The van der Waals surface area contributed by atoms with Gasteiger partial charge in [0.25, 0.3) is 0 Å². The van der Waals surface area contributed by atoms with Crippen molar-refractivity contribution >= 4 is 11.9 Å². The summed E-state index contributed by atoms with van der Waals surface area (Å²) in [6.45, 7) is 0. The highest BCUT2D eigenvalue weighted by atomic mass is 16.4. The quantitative estimate of drug-likeness (QED) is 0.750. The monoisotopic (exact) mass is 276 g/mol. The third-order valence-corrected chi connectivity index (χ3v) is 3.86. The molecule has 4 N–H and O–H groups in total. The van der Waals surface area contributed by atoms with Gasteiger partial charge in [-0.3, -0.25) is 4.79 Å². The zero-order chi connectivity index (χ0) is 14.6. The Hall–Kier alpha value is -1.88. The smallest absolute Gasteiger partial charge is 0.329 e. The lowest BCUT2D eigenvalue weighted by atomic mass is 9.96. The summed E-state index contributed by atoms with van der Waals surface area (Å²) in [5.74, 6) is -1.35. The van der Waals surface area contributed by atoms with Crippen LogP contribution in [0.15, 0.2) is 30.3 Å². The first-order valence-electron chi connectivity index (χ1n) is 6.88. The molecule has 1 aromatic rings. The molecule has 108 valence electrons. The van der Waals surface area contributed by atoms with Gasteiger partial charge in [0, 0.05) is 0 Å². The van der Waals surface area contributed by atoms with E-state index in [1.54, 1.807) is 0 Å². The minimum Gasteiger partial charge on any atom is -0.480 e. The number of rotatable bonds is 5. The van der Waals surface area contributed by atoms with Crippen LogP contribution in [-0.4, -0.2) is 28.6 Å². The second-order valence-corrected chi connectivity index (χ2v) is 5.38. The van der Waals surface area contributed by atoms with Crippen molar-refractivity contribution < 1.29 is 14.7 Å². The summed E-state index contributed by atoms with van der Waals surface area (Å²) in [5.41, 5.74) is 5.73. The molecule has 0 radical (unpaired) electrons. The van der Waals surface area contributed by atoms with Crippen LogP contribution in [0, 0.1) is 0 Å². The van der Waals surface area contributed by atoms with E-state index in [9.17, 15) is 14.7 Å². The van der Waals surface area contributed by atoms with E-state index in [0.29, 0.717) is 19.3 Å². The first kappa shape index (κ1) is 14.5. The SMILES string of the molecule is NC(Cc1ccccc1)C(=O)NC1(C(=O)O)CCCC1. The first-order valence-corrected chi connectivity index (χ1v) is 6.88. The molecule has 5 nitrogen and oxygen atoms in total. The van der Waals surface area contributed by atoms with Crippen LogP contribution >= 0.6 is 0 Å². The lowest BCUT2D eigenvalue weighted by Crippen LogP contribution is -2.57. The number of carbonyl (C=O) groups excluding carboxylic acids is 1. The molecular weight excluding hydrogens is 256 g/mol. The van der Waals surface area contributed by atoms with Crippen LogP contribution < -0.4 is 11.1 Å². The number of carboxylic acid groups (broad SMARTS) is 1. The maximum Gasteiger partial charge on any atom is 0.329 e. The molecule has 2 rings (SSSR count). The van der Waals surface area contributed by atoms with Gasteiger partial charge in [-0.15, -0.1) is 0 Å². The molecule has 1 saturated carbocycles. The molecule has 1 aliphatic rings. The van der Waals surface area contributed by atoms with Crippen molar-refractivity contribution in [3.8, 4) is 0 Å². The van der Waals surface area contributed by atoms with E-state index in [1.807, 2.05) is 30.3 Å². The number of benzene rings is 1. The van der Waals surface area contributed by atoms with Crippen LogP contribution in [0.25, 0.3) is 0 Å². The fraction of sp³-hybridized carbons (Fsp3) is 0.467. The molecule has 0 bridgehead atoms. The van der Waals surface area contributed by atoms with Crippen LogP contribution in [0.5, 0.6) is 0 Å². The number of hydrogen-bond donors (Lipinski definition) is 3. The lowest BCUT2D eigenvalue weighted by Gasteiger charge is -2.27. The number of aliphatic carboxylic acids is 1. The number of nitrogens with one attached hydrogen (secondary N) is 1. The number of hydrogen-bond acceptors (Lipinski definition) is 3. The number of carboxylic acids is 1. The van der Waals surface area contributed by atoms with Gasteiger partial charge in [0.05, 0.1) is 6.04 Å². The molecule has 1 amide bonds. The normalized spacial score (nSPS) is 18.4. The second-order valence-electron chi connectivity index (χ2n) is 5.38. The standard InChI is InChI=1S/C15H20N2O3/c16-12(10-11-6-2-1-3-7-11)13(18)17-15(14(19)20)8-4-5-9-15/h1-3,6-7,12H,4-5,8-10,16H2,(H,17,18)(H,19,20). The average Bonchev–Trinajstić information content (AvgIpc) is 2.89. The highest BCUT2D eigenvalue weighted by molar-refractivity contribution is 5.89. The molecule has 5 heteroatoms. The van der Waals surface area contributed by atoms with Crippen LogP contribution in [0.2, 0.25) is 0 Å². The fourth-order valence-corrected chi connectivity index (χ4v) is 2.66. The lowest BCUT2D eigenvalue weighted by molar-refractivity contribution is -0.147. The third kappa shape index (κ3) is 3.17. The van der Waals surface area contributed by atoms with Crippen molar-refractivity contribution in [2.75, 3.05) is 0 Å². The summed E-state index contributed by atoms with van der Waals surface area (Å²) in [6, 6.07) is 8.73. The molecule has 0 saturated heterocycles. The van der Waals surface area contributed by atoms with Crippen molar-refractivity contribution in [3.63, 3.8) is 0 Å². The zero-order valence-electron chi connectivity index (χ0n) is 11.3. The molecule has 1 aliphatic carbocycles. The van der Waals surface area contributed by atoms with Crippen LogP contribution in [0.4, 0.5) is 0 Å². The van der Waals surface area contributed by atoms with Gasteiger partial charge in [-0.2, -0.15) is 0 Å². The van der Waals surface area contributed by atoms with E-state index < -0.39 is 23.5 Å². The maximum absolute atomic E-state index is 12.1. The molecule has 0 aliphatic heterocycles. The third-order valence-electron chi connectivity index (χ3n) is 3.86. The van der Waals surface area contributed by atoms with E-state index in [2.05, 4.69) is 5.32 Å². The Kier molecular flexibility index (Phi) is 4.39. The number of amides is 1. The molecule has 1 fully saturated rings. The highest BCUT2D eigenvalue weighted by Gasteiger charge is 2.43. The summed E-state index contributed by atoms with van der Waals surface area (Å²) in [6.07, 6.45) is 3.00. The van der Waals surface area contributed by atoms with Gasteiger partial charge in [-0.05, 0) is 24.8 Å². The van der Waals surface area contributed by atoms with E-state index in [-0.39, 0.29) is 0 Å². The zero-order valence-corrected chi connectivity index (χ0v) is 11.3. The molecule has 1 unspecified atom stereocenters. The van der Waals surface area contributed by atoms with E-state index >= 15 is 0 Å². The van der Waals surface area contributed by atoms with Gasteiger partial charge in [0.2, 0.25) is 5.91 Å². The van der Waals surface area contributed by atoms with Gasteiger partial charge in [0.15, 0.2) is 0 Å². The molecule has 0 aromatic heterocycles. The van der Waals surface area contributed by atoms with Gasteiger partial charge >= 0.3 is 5.97 Å². The van der Waals surface area contributed by atoms with E-state index in [4.69, 9.17) is 5.73 Å². The topological polar surface area (TPSA) is 92.4 Å². The Balaban J connectivity index is 1.98. The van der Waals surface area contributed by atoms with Crippen LogP contribution in [-0.2, 0) is 16.0 Å². The minimum atomic E-state index is -1.12. The predicted octanol–water partition coefficient (Wildman–Crippen LogP) is 1.07. The van der Waals surface area contributed by atoms with Gasteiger partial charge in [-0.25, -0.2) is 4.79 Å². The van der Waals surface area contributed by atoms with E-state index in [1.165, 1.54) is 0 Å². The number of nitrogens with two attached hydrogens (primary N) is 1. The molecule has 20 heavy (non-hydrogen) atoms. The highest BCUT2D eigenvalue weighted by Crippen LogP contribution is 2.30. The number of carbonyl (C=O) groups is 2. The minimum absolute atomic E-state index is 0.391. The molecule has 1 atom stereocenters. The van der Waals surface area contributed by atoms with Crippen molar-refractivity contribution in [1.29, 1.82) is 0 Å². The maximum atomic E-state index is 12.1. The van der Waals surface area contributed by atoms with Crippen molar-refractivity contribution in [1.82, 2.24) is 5.32 Å². The van der Waals surface area contributed by atoms with Gasteiger partial charge in [0.1, 0.15) is 5.54 Å². The Labute approximate surface area is 118 Å². The van der Waals surface area contributed by atoms with Crippen LogP contribution in [0.3, 0.4) is 0 Å². The summed E-state index contributed by atoms with van der Waals surface area (Å²) >= 11 is 0. The largest absolute Gasteiger partial charge is 0.480 e. The molecule has 0 heterocycles. The Bertz CT molecular complexity index is 481. The fourth-order valence-electron chi connectivity index (χ4n) is 2.66. The summed E-state index contributed by atoms with van der Waals surface area (Å²) in [5, 5.41) is 12.0. The average molecular weight is 276 g/mol. The van der Waals surface area contributed by atoms with E-state index in [0.717, 1.165) is 18.4 Å². The van der Waals surface area contributed by atoms with Gasteiger partial charge < -0.3 is 16.2 Å². The summed E-state index contributed by atoms with van der Waals surface area (Å²) < 4.78 is 0. The summed E-state index contributed by atoms with van der Waals surface area (Å²) in [7, 11) is 0. The van der Waals surface area contributed by atoms with Gasteiger partial charge in [-0.1, -0.05) is 43.2 Å². The predicted molar refractivity (Wildman–Crippen MR) is 75.1 cm³/mol. The summed E-state index contributed by atoms with van der Waals surface area (Å²) in [4.78, 5) is 23.5. The van der Waals surface area contributed by atoms with Crippen molar-refractivity contribution in [2.24, 2.45) is 5.73 Å². The molecular formula is C15H20N2O3. The first-order chi connectivity index (χ1) is 9.53.